The standard InChI is InChI=1S/C19H28O3/c1-16(2)11-13-20-12-7-5-3-4-6-8-17-9-10-18-19(14-17)22-15-21-18/h6,8-10,14,16H,3-5,7,11-13,15H2,1-2H3. The highest BCUT2D eigenvalue weighted by Gasteiger charge is 2.11. The molecule has 0 atom stereocenters. The Labute approximate surface area is 134 Å². The van der Waals surface area contributed by atoms with Crippen LogP contribution in [0.5, 0.6) is 11.5 Å². The minimum absolute atomic E-state index is 0.335. The van der Waals surface area contributed by atoms with Crippen molar-refractivity contribution in [2.75, 3.05) is 20.0 Å². The smallest absolute Gasteiger partial charge is 0.231 e. The van der Waals surface area contributed by atoms with Crippen LogP contribution in [0.4, 0.5) is 0 Å². The Morgan fingerprint density at radius 3 is 2.82 bits per heavy atom. The lowest BCUT2D eigenvalue weighted by molar-refractivity contribution is 0.120. The maximum atomic E-state index is 5.62. The number of hydrogen-bond acceptors (Lipinski definition) is 3. The minimum Gasteiger partial charge on any atom is -0.454 e. The van der Waals surface area contributed by atoms with E-state index in [-0.39, 0.29) is 0 Å². The third kappa shape index (κ3) is 6.10. The summed E-state index contributed by atoms with van der Waals surface area (Å²) in [7, 11) is 0. The van der Waals surface area contributed by atoms with Crippen LogP contribution in [-0.2, 0) is 4.74 Å². The van der Waals surface area contributed by atoms with Gasteiger partial charge in [0.2, 0.25) is 6.79 Å². The molecule has 0 spiro atoms. The maximum Gasteiger partial charge on any atom is 0.231 e. The van der Waals surface area contributed by atoms with Crippen molar-refractivity contribution in [3.63, 3.8) is 0 Å². The molecule has 1 aliphatic rings. The Morgan fingerprint density at radius 2 is 1.95 bits per heavy atom. The molecule has 0 amide bonds. The van der Waals surface area contributed by atoms with E-state index in [1.807, 2.05) is 12.1 Å². The molecule has 1 aromatic rings. The van der Waals surface area contributed by atoms with Crippen molar-refractivity contribution < 1.29 is 14.2 Å². The molecule has 0 aromatic heterocycles. The molecule has 0 fully saturated rings. The van der Waals surface area contributed by atoms with Crippen LogP contribution in [-0.4, -0.2) is 20.0 Å². The molecule has 0 N–H and O–H groups in total. The Hall–Kier alpha value is -1.48. The van der Waals surface area contributed by atoms with E-state index >= 15 is 0 Å². The lowest BCUT2D eigenvalue weighted by Gasteiger charge is -2.05. The second-order valence-electron chi connectivity index (χ2n) is 6.16. The zero-order valence-corrected chi connectivity index (χ0v) is 13.8. The third-order valence-electron chi connectivity index (χ3n) is 3.71. The van der Waals surface area contributed by atoms with Gasteiger partial charge in [0.25, 0.3) is 0 Å². The lowest BCUT2D eigenvalue weighted by Crippen LogP contribution is -2.00. The first-order valence-electron chi connectivity index (χ1n) is 8.39. The molecule has 1 heterocycles. The van der Waals surface area contributed by atoms with E-state index in [1.54, 1.807) is 0 Å². The highest BCUT2D eigenvalue weighted by atomic mass is 16.7. The molecule has 3 nitrogen and oxygen atoms in total. The zero-order valence-electron chi connectivity index (χ0n) is 13.8. The van der Waals surface area contributed by atoms with Crippen LogP contribution in [0.3, 0.4) is 0 Å². The Kier molecular flexibility index (Phi) is 7.31. The van der Waals surface area contributed by atoms with E-state index in [4.69, 9.17) is 14.2 Å². The first-order valence-corrected chi connectivity index (χ1v) is 8.39. The number of fused-ring (bicyclic) bond motifs is 1. The average molecular weight is 304 g/mol. The fraction of sp³-hybridized carbons (Fsp3) is 0.579. The van der Waals surface area contributed by atoms with Crippen LogP contribution in [0.15, 0.2) is 24.3 Å². The number of unbranched alkanes of at least 4 members (excludes halogenated alkanes) is 3. The predicted octanol–water partition coefficient (Wildman–Crippen LogP) is 5.05. The summed E-state index contributed by atoms with van der Waals surface area (Å²) in [6.07, 6.45) is 10.3. The number of hydrogen-bond donors (Lipinski definition) is 0. The molecule has 122 valence electrons. The fourth-order valence-corrected chi connectivity index (χ4v) is 2.30. The van der Waals surface area contributed by atoms with Gasteiger partial charge in [-0.15, -0.1) is 0 Å². The number of benzene rings is 1. The first-order chi connectivity index (χ1) is 10.8. The van der Waals surface area contributed by atoms with Gasteiger partial charge in [-0.05, 0) is 49.3 Å². The quantitative estimate of drug-likeness (QED) is 0.566. The zero-order chi connectivity index (χ0) is 15.6. The van der Waals surface area contributed by atoms with Crippen molar-refractivity contribution in [1.82, 2.24) is 0 Å². The molecule has 2 rings (SSSR count). The van der Waals surface area contributed by atoms with Crippen molar-refractivity contribution in [1.29, 1.82) is 0 Å². The van der Waals surface area contributed by atoms with Gasteiger partial charge in [-0.25, -0.2) is 0 Å². The molecule has 0 bridgehead atoms. The lowest BCUT2D eigenvalue weighted by atomic mass is 10.1. The molecule has 0 saturated heterocycles. The summed E-state index contributed by atoms with van der Waals surface area (Å²) in [5.74, 6) is 2.43. The summed E-state index contributed by atoms with van der Waals surface area (Å²) in [6.45, 7) is 6.60. The minimum atomic E-state index is 0.335. The molecule has 1 aliphatic heterocycles. The van der Waals surface area contributed by atoms with Gasteiger partial charge in [-0.2, -0.15) is 0 Å². The van der Waals surface area contributed by atoms with Crippen LogP contribution >= 0.6 is 0 Å². The summed E-state index contributed by atoms with van der Waals surface area (Å²) in [4.78, 5) is 0. The number of rotatable bonds is 10. The van der Waals surface area contributed by atoms with E-state index in [0.717, 1.165) is 49.9 Å². The second-order valence-corrected chi connectivity index (χ2v) is 6.16. The third-order valence-corrected chi connectivity index (χ3v) is 3.71. The van der Waals surface area contributed by atoms with Gasteiger partial charge >= 0.3 is 0 Å². The van der Waals surface area contributed by atoms with E-state index in [9.17, 15) is 0 Å². The van der Waals surface area contributed by atoms with Gasteiger partial charge in [0.15, 0.2) is 11.5 Å². The van der Waals surface area contributed by atoms with Gasteiger partial charge in [-0.1, -0.05) is 38.5 Å². The van der Waals surface area contributed by atoms with E-state index in [2.05, 4.69) is 32.1 Å². The highest BCUT2D eigenvalue weighted by molar-refractivity contribution is 5.56. The van der Waals surface area contributed by atoms with Crippen molar-refractivity contribution in [2.24, 2.45) is 5.92 Å². The Bertz CT molecular complexity index is 466. The van der Waals surface area contributed by atoms with Crippen LogP contribution in [0, 0.1) is 5.92 Å². The molecular weight excluding hydrogens is 276 g/mol. The summed E-state index contributed by atoms with van der Waals surface area (Å²) in [5.41, 5.74) is 1.17. The van der Waals surface area contributed by atoms with Crippen molar-refractivity contribution >= 4 is 6.08 Å². The highest BCUT2D eigenvalue weighted by Crippen LogP contribution is 2.32. The molecule has 0 unspecified atom stereocenters. The van der Waals surface area contributed by atoms with Crippen molar-refractivity contribution in [3.8, 4) is 11.5 Å². The van der Waals surface area contributed by atoms with Gasteiger partial charge in [0.1, 0.15) is 0 Å². The van der Waals surface area contributed by atoms with Gasteiger partial charge in [0, 0.05) is 13.2 Å². The SMILES string of the molecule is CC(C)CCOCCCCCC=Cc1ccc2c(c1)OCO2. The Balaban J connectivity index is 1.51. The predicted molar refractivity (Wildman–Crippen MR) is 90.3 cm³/mol. The fourth-order valence-electron chi connectivity index (χ4n) is 2.30. The number of allylic oxidation sites excluding steroid dienone is 1. The van der Waals surface area contributed by atoms with Crippen molar-refractivity contribution in [3.05, 3.63) is 29.8 Å². The summed E-state index contributed by atoms with van der Waals surface area (Å²) in [5, 5.41) is 0. The largest absolute Gasteiger partial charge is 0.454 e. The van der Waals surface area contributed by atoms with Crippen LogP contribution < -0.4 is 9.47 Å². The molecule has 0 radical (unpaired) electrons. The normalized spacial score (nSPS) is 13.4. The summed E-state index contributed by atoms with van der Waals surface area (Å²) < 4.78 is 16.3. The topological polar surface area (TPSA) is 27.7 Å². The van der Waals surface area contributed by atoms with E-state index < -0.39 is 0 Å². The average Bonchev–Trinajstić information content (AvgIpc) is 2.96. The van der Waals surface area contributed by atoms with Crippen LogP contribution in [0.25, 0.3) is 6.08 Å². The van der Waals surface area contributed by atoms with Gasteiger partial charge in [0.05, 0.1) is 0 Å². The molecule has 22 heavy (non-hydrogen) atoms. The van der Waals surface area contributed by atoms with Crippen molar-refractivity contribution in [2.45, 2.75) is 46.0 Å². The van der Waals surface area contributed by atoms with Gasteiger partial charge in [-0.3, -0.25) is 0 Å². The monoisotopic (exact) mass is 304 g/mol. The summed E-state index contributed by atoms with van der Waals surface area (Å²) in [6, 6.07) is 6.06. The summed E-state index contributed by atoms with van der Waals surface area (Å²) >= 11 is 0. The second kappa shape index (κ2) is 9.52. The first kappa shape index (κ1) is 16.9. The molecule has 3 heteroatoms. The van der Waals surface area contributed by atoms with E-state index in [1.165, 1.54) is 18.4 Å². The maximum absolute atomic E-state index is 5.62. The van der Waals surface area contributed by atoms with Crippen LogP contribution in [0.1, 0.15) is 51.5 Å². The van der Waals surface area contributed by atoms with Gasteiger partial charge < -0.3 is 14.2 Å². The van der Waals surface area contributed by atoms with E-state index in [0.29, 0.717) is 6.79 Å². The Morgan fingerprint density at radius 1 is 1.09 bits per heavy atom. The molecule has 1 aromatic carbocycles. The molecular formula is C19H28O3. The molecule has 0 aliphatic carbocycles. The van der Waals surface area contributed by atoms with Crippen LogP contribution in [0.2, 0.25) is 0 Å². The number of ether oxygens (including phenoxy) is 3. The molecule has 0 saturated carbocycles.